The van der Waals surface area contributed by atoms with Crippen molar-refractivity contribution in [2.45, 2.75) is 20.3 Å². The van der Waals surface area contributed by atoms with Crippen molar-refractivity contribution in [2.24, 2.45) is 5.92 Å². The monoisotopic (exact) mass is 352 g/mol. The van der Waals surface area contributed by atoms with Gasteiger partial charge in [0.1, 0.15) is 5.69 Å². The average molecular weight is 353 g/mol. The van der Waals surface area contributed by atoms with Gasteiger partial charge in [0.15, 0.2) is 0 Å². The Morgan fingerprint density at radius 3 is 2.78 bits per heavy atom. The van der Waals surface area contributed by atoms with E-state index in [0.717, 1.165) is 13.0 Å². The molecule has 2 N–H and O–H groups in total. The summed E-state index contributed by atoms with van der Waals surface area (Å²) < 4.78 is 0. The molecule has 0 saturated heterocycles. The summed E-state index contributed by atoms with van der Waals surface area (Å²) in [5.74, 6) is 0.637. The van der Waals surface area contributed by atoms with Crippen LogP contribution in [0.3, 0.4) is 0 Å². The molecule has 0 aliphatic rings. The number of aromatic nitrogens is 2. The van der Waals surface area contributed by atoms with Gasteiger partial charge < -0.3 is 10.6 Å². The van der Waals surface area contributed by atoms with Gasteiger partial charge in [0.2, 0.25) is 5.95 Å². The summed E-state index contributed by atoms with van der Waals surface area (Å²) in [7, 11) is 0. The van der Waals surface area contributed by atoms with E-state index in [4.69, 9.17) is 23.2 Å². The van der Waals surface area contributed by atoms with E-state index >= 15 is 0 Å². The Labute approximate surface area is 145 Å². The second-order valence-corrected chi connectivity index (χ2v) is 6.30. The molecule has 0 saturated carbocycles. The van der Waals surface area contributed by atoms with Gasteiger partial charge in [0.05, 0.1) is 10.7 Å². The Morgan fingerprint density at radius 1 is 1.26 bits per heavy atom. The van der Waals surface area contributed by atoms with E-state index in [0.29, 0.717) is 27.6 Å². The fourth-order valence-corrected chi connectivity index (χ4v) is 2.16. The van der Waals surface area contributed by atoms with Crippen molar-refractivity contribution in [3.8, 4) is 0 Å². The minimum atomic E-state index is -0.372. The molecule has 0 unspecified atom stereocenters. The Kier molecular flexibility index (Phi) is 6.19. The second kappa shape index (κ2) is 8.13. The largest absolute Gasteiger partial charge is 0.354 e. The maximum Gasteiger partial charge on any atom is 0.274 e. The molecule has 1 aromatic heterocycles. The standard InChI is InChI=1S/C16H18Cl2N4O/c1-10(2)5-7-19-16-20-8-6-13(22-16)15(23)21-14-9-11(17)3-4-12(14)18/h3-4,6,8-10H,5,7H2,1-2H3,(H,21,23)(H,19,20,22). The number of halogens is 2. The van der Waals surface area contributed by atoms with E-state index in [9.17, 15) is 4.79 Å². The van der Waals surface area contributed by atoms with Gasteiger partial charge in [-0.15, -0.1) is 0 Å². The third-order valence-electron chi connectivity index (χ3n) is 3.07. The summed E-state index contributed by atoms with van der Waals surface area (Å²) in [6.07, 6.45) is 2.54. The summed E-state index contributed by atoms with van der Waals surface area (Å²) in [5.41, 5.74) is 0.695. The molecule has 0 bridgehead atoms. The van der Waals surface area contributed by atoms with Crippen LogP contribution in [-0.2, 0) is 0 Å². The van der Waals surface area contributed by atoms with Gasteiger partial charge in [-0.3, -0.25) is 4.79 Å². The van der Waals surface area contributed by atoms with Crippen molar-refractivity contribution in [2.75, 3.05) is 17.2 Å². The van der Waals surface area contributed by atoms with Gasteiger partial charge in [-0.1, -0.05) is 37.0 Å². The van der Waals surface area contributed by atoms with Gasteiger partial charge >= 0.3 is 0 Å². The molecule has 23 heavy (non-hydrogen) atoms. The van der Waals surface area contributed by atoms with Crippen LogP contribution in [-0.4, -0.2) is 22.4 Å². The Balaban J connectivity index is 2.06. The molecule has 2 aromatic rings. The van der Waals surface area contributed by atoms with Crippen LogP contribution in [0.15, 0.2) is 30.5 Å². The minimum Gasteiger partial charge on any atom is -0.354 e. The number of anilines is 2. The average Bonchev–Trinajstić information content (AvgIpc) is 2.51. The molecular weight excluding hydrogens is 335 g/mol. The number of hydrogen-bond donors (Lipinski definition) is 2. The number of nitrogens with zero attached hydrogens (tertiary/aromatic N) is 2. The maximum atomic E-state index is 12.3. The predicted molar refractivity (Wildman–Crippen MR) is 94.4 cm³/mol. The quantitative estimate of drug-likeness (QED) is 0.803. The molecule has 0 radical (unpaired) electrons. The van der Waals surface area contributed by atoms with Crippen molar-refractivity contribution in [3.05, 3.63) is 46.2 Å². The molecule has 0 aliphatic heterocycles. The van der Waals surface area contributed by atoms with Crippen LogP contribution < -0.4 is 10.6 Å². The van der Waals surface area contributed by atoms with Crippen molar-refractivity contribution < 1.29 is 4.79 Å². The van der Waals surface area contributed by atoms with E-state index in [2.05, 4.69) is 34.4 Å². The van der Waals surface area contributed by atoms with Crippen LogP contribution in [0.1, 0.15) is 30.8 Å². The number of carbonyl (C=O) groups is 1. The Bertz CT molecular complexity index is 692. The summed E-state index contributed by atoms with van der Waals surface area (Å²) in [5, 5.41) is 6.70. The Hall–Kier alpha value is -1.85. The molecule has 2 rings (SSSR count). The molecule has 122 valence electrons. The zero-order valence-corrected chi connectivity index (χ0v) is 14.4. The van der Waals surface area contributed by atoms with Gasteiger partial charge in [0, 0.05) is 17.8 Å². The van der Waals surface area contributed by atoms with Crippen LogP contribution in [0.25, 0.3) is 0 Å². The van der Waals surface area contributed by atoms with E-state index in [1.54, 1.807) is 30.5 Å². The lowest BCUT2D eigenvalue weighted by Crippen LogP contribution is -2.16. The topological polar surface area (TPSA) is 66.9 Å². The smallest absolute Gasteiger partial charge is 0.274 e. The normalized spacial score (nSPS) is 10.7. The molecule has 0 fully saturated rings. The summed E-state index contributed by atoms with van der Waals surface area (Å²) in [6.45, 7) is 5.03. The summed E-state index contributed by atoms with van der Waals surface area (Å²) in [4.78, 5) is 20.6. The van der Waals surface area contributed by atoms with E-state index in [1.165, 1.54) is 0 Å². The third-order valence-corrected chi connectivity index (χ3v) is 3.63. The highest BCUT2D eigenvalue weighted by Gasteiger charge is 2.11. The first-order valence-corrected chi connectivity index (χ1v) is 8.04. The predicted octanol–water partition coefficient (Wildman–Crippen LogP) is 4.49. The highest BCUT2D eigenvalue weighted by atomic mass is 35.5. The number of nitrogens with one attached hydrogen (secondary N) is 2. The molecule has 1 heterocycles. The zero-order chi connectivity index (χ0) is 16.8. The molecule has 7 heteroatoms. The Morgan fingerprint density at radius 2 is 2.04 bits per heavy atom. The summed E-state index contributed by atoms with van der Waals surface area (Å²) >= 11 is 11.9. The lowest BCUT2D eigenvalue weighted by Gasteiger charge is -2.09. The van der Waals surface area contributed by atoms with Crippen molar-refractivity contribution in [1.82, 2.24) is 9.97 Å². The summed E-state index contributed by atoms with van der Waals surface area (Å²) in [6, 6.07) is 6.41. The highest BCUT2D eigenvalue weighted by Crippen LogP contribution is 2.25. The van der Waals surface area contributed by atoms with E-state index in [1.807, 2.05) is 0 Å². The molecular formula is C16H18Cl2N4O. The van der Waals surface area contributed by atoms with Crippen molar-refractivity contribution in [1.29, 1.82) is 0 Å². The lowest BCUT2D eigenvalue weighted by atomic mass is 10.1. The fourth-order valence-electron chi connectivity index (χ4n) is 1.82. The van der Waals surface area contributed by atoms with E-state index < -0.39 is 0 Å². The van der Waals surface area contributed by atoms with Crippen LogP contribution in [0.5, 0.6) is 0 Å². The van der Waals surface area contributed by atoms with Crippen LogP contribution >= 0.6 is 23.2 Å². The minimum absolute atomic E-state index is 0.253. The molecule has 1 aromatic carbocycles. The molecule has 0 atom stereocenters. The number of amides is 1. The van der Waals surface area contributed by atoms with Gasteiger partial charge in [-0.05, 0) is 36.6 Å². The van der Waals surface area contributed by atoms with Crippen LogP contribution in [0.4, 0.5) is 11.6 Å². The first kappa shape index (κ1) is 17.5. The second-order valence-electron chi connectivity index (χ2n) is 5.45. The van der Waals surface area contributed by atoms with Crippen molar-refractivity contribution >= 4 is 40.7 Å². The molecule has 0 spiro atoms. The van der Waals surface area contributed by atoms with Crippen molar-refractivity contribution in [3.63, 3.8) is 0 Å². The lowest BCUT2D eigenvalue weighted by molar-refractivity contribution is 0.102. The SMILES string of the molecule is CC(C)CCNc1nccc(C(=O)Nc2cc(Cl)ccc2Cl)n1. The molecule has 0 aliphatic carbocycles. The first-order chi connectivity index (χ1) is 11.0. The van der Waals surface area contributed by atoms with Crippen LogP contribution in [0.2, 0.25) is 10.0 Å². The first-order valence-electron chi connectivity index (χ1n) is 7.29. The molecule has 1 amide bonds. The van der Waals surface area contributed by atoms with Gasteiger partial charge in [0.25, 0.3) is 5.91 Å². The number of carbonyl (C=O) groups excluding carboxylic acids is 1. The molecule has 5 nitrogen and oxygen atoms in total. The number of hydrogen-bond acceptors (Lipinski definition) is 4. The van der Waals surface area contributed by atoms with Gasteiger partial charge in [-0.25, -0.2) is 9.97 Å². The number of benzene rings is 1. The van der Waals surface area contributed by atoms with Crippen LogP contribution in [0, 0.1) is 5.92 Å². The zero-order valence-electron chi connectivity index (χ0n) is 12.9. The fraction of sp³-hybridized carbons (Fsp3) is 0.312. The number of rotatable bonds is 6. The van der Waals surface area contributed by atoms with E-state index in [-0.39, 0.29) is 11.6 Å². The van der Waals surface area contributed by atoms with Gasteiger partial charge in [-0.2, -0.15) is 0 Å². The third kappa shape index (κ3) is 5.37. The maximum absolute atomic E-state index is 12.3. The highest BCUT2D eigenvalue weighted by molar-refractivity contribution is 6.35.